The van der Waals surface area contributed by atoms with E-state index in [2.05, 4.69) is 10.3 Å². The number of carbonyl (C=O) groups is 2. The maximum atomic E-state index is 12.9. The quantitative estimate of drug-likeness (QED) is 0.763. The molecule has 1 aromatic carbocycles. The smallest absolute Gasteiger partial charge is 0.243 e. The van der Waals surface area contributed by atoms with Gasteiger partial charge in [-0.1, -0.05) is 52.0 Å². The van der Waals surface area contributed by atoms with Gasteiger partial charge in [-0.2, -0.15) is 0 Å². The number of β-amino-alcohol motifs (C(OH)–C–C–N with tert-alkyl or cyclic N) is 1. The Labute approximate surface area is 182 Å². The molecule has 1 aliphatic heterocycles. The lowest BCUT2D eigenvalue weighted by Gasteiger charge is -2.32. The van der Waals surface area contributed by atoms with Crippen molar-refractivity contribution in [2.45, 2.75) is 59.7 Å². The van der Waals surface area contributed by atoms with Crippen LogP contribution in [0.5, 0.6) is 0 Å². The molecule has 1 aromatic heterocycles. The Kier molecular flexibility index (Phi) is 6.62. The molecule has 0 bridgehead atoms. The third-order valence-corrected chi connectivity index (χ3v) is 6.94. The van der Waals surface area contributed by atoms with Crippen LogP contribution >= 0.6 is 11.3 Å². The van der Waals surface area contributed by atoms with E-state index in [1.807, 2.05) is 64.4 Å². The van der Waals surface area contributed by atoms with Crippen molar-refractivity contribution in [2.24, 2.45) is 11.3 Å². The SMILES string of the molecule is Cc1ncsc1-c1ccc(CNC(=O)C2CC(O)CN2C(=O)C(C)C(C)(C)C)cc1. The highest BCUT2D eigenvalue weighted by Crippen LogP contribution is 2.30. The number of thiazole rings is 1. The number of hydrogen-bond donors (Lipinski definition) is 2. The Morgan fingerprint density at radius 2 is 1.97 bits per heavy atom. The molecule has 3 rings (SSSR count). The van der Waals surface area contributed by atoms with Crippen LogP contribution in [-0.2, 0) is 16.1 Å². The second-order valence-corrected chi connectivity index (χ2v) is 10.0. The summed E-state index contributed by atoms with van der Waals surface area (Å²) in [5.74, 6) is -0.535. The van der Waals surface area contributed by atoms with Crippen LogP contribution in [0, 0.1) is 18.3 Å². The first-order valence-corrected chi connectivity index (χ1v) is 11.2. The molecule has 7 heteroatoms. The first kappa shape index (κ1) is 22.4. The van der Waals surface area contributed by atoms with Gasteiger partial charge in [0.05, 0.1) is 22.2 Å². The number of aryl methyl sites for hydroxylation is 1. The second kappa shape index (κ2) is 8.86. The molecule has 0 saturated carbocycles. The average molecular weight is 430 g/mol. The monoisotopic (exact) mass is 429 g/mol. The molecule has 3 unspecified atom stereocenters. The van der Waals surface area contributed by atoms with Crippen LogP contribution in [0.4, 0.5) is 0 Å². The van der Waals surface area contributed by atoms with Gasteiger partial charge in [0.15, 0.2) is 0 Å². The van der Waals surface area contributed by atoms with E-state index in [4.69, 9.17) is 0 Å². The van der Waals surface area contributed by atoms with Gasteiger partial charge in [-0.25, -0.2) is 4.98 Å². The van der Waals surface area contributed by atoms with Crippen LogP contribution in [0.3, 0.4) is 0 Å². The normalized spacial score (nSPS) is 20.3. The minimum atomic E-state index is -0.668. The topological polar surface area (TPSA) is 82.5 Å². The number of aliphatic hydroxyl groups is 1. The number of nitrogens with zero attached hydrogens (tertiary/aromatic N) is 2. The third-order valence-electron chi connectivity index (χ3n) is 5.96. The van der Waals surface area contributed by atoms with E-state index < -0.39 is 12.1 Å². The fourth-order valence-corrected chi connectivity index (χ4v) is 4.40. The summed E-state index contributed by atoms with van der Waals surface area (Å²) in [4.78, 5) is 32.7. The summed E-state index contributed by atoms with van der Waals surface area (Å²) in [6.07, 6.45) is -0.392. The Morgan fingerprint density at radius 1 is 1.30 bits per heavy atom. The van der Waals surface area contributed by atoms with E-state index in [-0.39, 0.29) is 36.1 Å². The fourth-order valence-electron chi connectivity index (χ4n) is 3.58. The predicted octanol–water partition coefficient (Wildman–Crippen LogP) is 3.38. The van der Waals surface area contributed by atoms with Gasteiger partial charge in [0.25, 0.3) is 0 Å². The summed E-state index contributed by atoms with van der Waals surface area (Å²) in [7, 11) is 0. The van der Waals surface area contributed by atoms with E-state index >= 15 is 0 Å². The average Bonchev–Trinajstić information content (AvgIpc) is 3.30. The van der Waals surface area contributed by atoms with Crippen molar-refractivity contribution in [3.8, 4) is 10.4 Å². The van der Waals surface area contributed by atoms with Gasteiger partial charge in [0.1, 0.15) is 6.04 Å². The first-order chi connectivity index (χ1) is 14.1. The van der Waals surface area contributed by atoms with Crippen LogP contribution in [0.1, 0.15) is 45.4 Å². The van der Waals surface area contributed by atoms with E-state index in [9.17, 15) is 14.7 Å². The van der Waals surface area contributed by atoms with Crippen molar-refractivity contribution in [2.75, 3.05) is 6.54 Å². The summed E-state index contributed by atoms with van der Waals surface area (Å²) >= 11 is 1.61. The van der Waals surface area contributed by atoms with Crippen molar-refractivity contribution < 1.29 is 14.7 Å². The number of nitrogens with one attached hydrogen (secondary N) is 1. The van der Waals surface area contributed by atoms with Crippen LogP contribution < -0.4 is 5.32 Å². The van der Waals surface area contributed by atoms with Crippen LogP contribution in [0.15, 0.2) is 29.8 Å². The zero-order chi connectivity index (χ0) is 22.1. The molecule has 2 amide bonds. The summed E-state index contributed by atoms with van der Waals surface area (Å²) in [6.45, 7) is 10.5. The van der Waals surface area contributed by atoms with Gasteiger partial charge in [0, 0.05) is 25.4 Å². The van der Waals surface area contributed by atoms with Crippen molar-refractivity contribution in [3.63, 3.8) is 0 Å². The Bertz CT molecular complexity index is 901. The number of amides is 2. The maximum absolute atomic E-state index is 12.9. The highest BCUT2D eigenvalue weighted by atomic mass is 32.1. The first-order valence-electron chi connectivity index (χ1n) is 10.3. The molecular weight excluding hydrogens is 398 g/mol. The molecular formula is C23H31N3O3S. The minimum Gasteiger partial charge on any atom is -0.391 e. The zero-order valence-corrected chi connectivity index (χ0v) is 19.1. The van der Waals surface area contributed by atoms with E-state index in [1.165, 1.54) is 0 Å². The molecule has 0 radical (unpaired) electrons. The minimum absolute atomic E-state index is 0.0801. The van der Waals surface area contributed by atoms with Crippen LogP contribution in [-0.4, -0.2) is 45.5 Å². The Hall–Kier alpha value is -2.25. The number of rotatable bonds is 5. The molecule has 2 heterocycles. The fraction of sp³-hybridized carbons (Fsp3) is 0.522. The van der Waals surface area contributed by atoms with E-state index in [0.29, 0.717) is 6.54 Å². The maximum Gasteiger partial charge on any atom is 0.243 e. The lowest BCUT2D eigenvalue weighted by Crippen LogP contribution is -2.49. The summed E-state index contributed by atoms with van der Waals surface area (Å²) < 4.78 is 0. The number of aromatic nitrogens is 1. The van der Waals surface area contributed by atoms with E-state index in [0.717, 1.165) is 21.7 Å². The zero-order valence-electron chi connectivity index (χ0n) is 18.3. The second-order valence-electron chi connectivity index (χ2n) is 9.17. The van der Waals surface area contributed by atoms with Crippen molar-refractivity contribution >= 4 is 23.2 Å². The van der Waals surface area contributed by atoms with Gasteiger partial charge in [-0.05, 0) is 23.5 Å². The van der Waals surface area contributed by atoms with Gasteiger partial charge in [0.2, 0.25) is 11.8 Å². The number of aliphatic hydroxyl groups excluding tert-OH is 1. The highest BCUT2D eigenvalue weighted by molar-refractivity contribution is 7.13. The third kappa shape index (κ3) is 4.90. The summed E-state index contributed by atoms with van der Waals surface area (Å²) in [5.41, 5.74) is 4.73. The molecule has 6 nitrogen and oxygen atoms in total. The van der Waals surface area contributed by atoms with Crippen molar-refractivity contribution in [3.05, 3.63) is 41.0 Å². The van der Waals surface area contributed by atoms with Gasteiger partial charge in [-0.3, -0.25) is 9.59 Å². The van der Waals surface area contributed by atoms with Crippen LogP contribution in [0.2, 0.25) is 0 Å². The standard InChI is InChI=1S/C23H31N3O3S/c1-14(23(3,4)5)22(29)26-12-18(27)10-19(26)21(28)24-11-16-6-8-17(9-7-16)20-15(2)25-13-30-20/h6-9,13-14,18-19,27H,10-12H2,1-5H3,(H,24,28). The molecule has 30 heavy (non-hydrogen) atoms. The van der Waals surface area contributed by atoms with E-state index in [1.54, 1.807) is 16.2 Å². The Morgan fingerprint density at radius 3 is 2.53 bits per heavy atom. The predicted molar refractivity (Wildman–Crippen MR) is 119 cm³/mol. The highest BCUT2D eigenvalue weighted by Gasteiger charge is 2.42. The largest absolute Gasteiger partial charge is 0.391 e. The number of hydrogen-bond acceptors (Lipinski definition) is 5. The molecule has 2 N–H and O–H groups in total. The molecule has 1 aliphatic rings. The molecule has 2 aromatic rings. The molecule has 1 fully saturated rings. The summed E-state index contributed by atoms with van der Waals surface area (Å²) in [5, 5.41) is 13.0. The molecule has 0 spiro atoms. The molecule has 1 saturated heterocycles. The molecule has 3 atom stereocenters. The number of likely N-dealkylation sites (tertiary alicyclic amines) is 1. The number of benzene rings is 1. The Balaban J connectivity index is 1.63. The molecule has 0 aliphatic carbocycles. The molecule has 162 valence electrons. The van der Waals surface area contributed by atoms with Gasteiger partial charge >= 0.3 is 0 Å². The lowest BCUT2D eigenvalue weighted by atomic mass is 9.81. The van der Waals surface area contributed by atoms with Gasteiger partial charge < -0.3 is 15.3 Å². The lowest BCUT2D eigenvalue weighted by molar-refractivity contribution is -0.144. The summed E-state index contributed by atoms with van der Waals surface area (Å²) in [6, 6.07) is 7.41. The van der Waals surface area contributed by atoms with Crippen molar-refractivity contribution in [1.82, 2.24) is 15.2 Å². The van der Waals surface area contributed by atoms with Gasteiger partial charge in [-0.15, -0.1) is 11.3 Å². The number of carbonyl (C=O) groups excluding carboxylic acids is 2. The van der Waals surface area contributed by atoms with Crippen molar-refractivity contribution in [1.29, 1.82) is 0 Å². The van der Waals surface area contributed by atoms with Crippen LogP contribution in [0.25, 0.3) is 10.4 Å².